The van der Waals surface area contributed by atoms with Crippen LogP contribution in [0.3, 0.4) is 0 Å². The van der Waals surface area contributed by atoms with Gasteiger partial charge in [-0.3, -0.25) is 14.9 Å². The maximum atomic E-state index is 11.7. The summed E-state index contributed by atoms with van der Waals surface area (Å²) in [6.45, 7) is 2.80. The number of imide groups is 1. The number of nitrogens with one attached hydrogen (secondary N) is 1. The fourth-order valence-corrected chi connectivity index (χ4v) is 4.70. The highest BCUT2D eigenvalue weighted by Gasteiger charge is 2.31. The highest BCUT2D eigenvalue weighted by atomic mass is 32.2. The second-order valence-corrected chi connectivity index (χ2v) is 9.41. The Morgan fingerprint density at radius 1 is 0.972 bits per heavy atom. The van der Waals surface area contributed by atoms with Crippen LogP contribution in [0.15, 0.2) is 71.9 Å². The van der Waals surface area contributed by atoms with Crippen molar-refractivity contribution in [1.82, 2.24) is 5.32 Å². The average Bonchev–Trinajstić information content (AvgIpc) is 3.49. The van der Waals surface area contributed by atoms with Gasteiger partial charge in [-0.2, -0.15) is 0 Å². The van der Waals surface area contributed by atoms with Crippen molar-refractivity contribution in [3.63, 3.8) is 0 Å². The molecule has 1 unspecified atom stereocenters. The van der Waals surface area contributed by atoms with Crippen molar-refractivity contribution in [3.8, 4) is 28.4 Å². The van der Waals surface area contributed by atoms with Crippen molar-refractivity contribution in [2.45, 2.75) is 18.6 Å². The van der Waals surface area contributed by atoms with Crippen molar-refractivity contribution in [3.05, 3.63) is 77.9 Å². The fourth-order valence-electron chi connectivity index (χ4n) is 3.84. The third kappa shape index (κ3) is 5.63. The minimum absolute atomic E-state index is 0.237. The molecule has 1 N–H and O–H groups in total. The molecule has 1 fully saturated rings. The zero-order valence-corrected chi connectivity index (χ0v) is 20.4. The molecule has 1 saturated heterocycles. The van der Waals surface area contributed by atoms with Crippen LogP contribution in [0, 0.1) is 0 Å². The maximum Gasteiger partial charge on any atom is 0.286 e. The van der Waals surface area contributed by atoms with Gasteiger partial charge in [-0.05, 0) is 59.9 Å². The molecule has 3 aromatic carbocycles. The number of benzene rings is 3. The predicted octanol–water partition coefficient (Wildman–Crippen LogP) is 4.80. The third-order valence-electron chi connectivity index (χ3n) is 5.76. The lowest BCUT2D eigenvalue weighted by Crippen LogP contribution is -2.25. The number of hydrogen-bond acceptors (Lipinski definition) is 8. The first kappa shape index (κ1) is 23.7. The Morgan fingerprint density at radius 2 is 1.72 bits per heavy atom. The summed E-state index contributed by atoms with van der Waals surface area (Å²) in [5.74, 6) is 1.99. The quantitative estimate of drug-likeness (QED) is 0.254. The molecule has 9 heteroatoms. The summed E-state index contributed by atoms with van der Waals surface area (Å²) in [6.07, 6.45) is 0.497. The van der Waals surface area contributed by atoms with Crippen LogP contribution < -0.4 is 19.5 Å². The van der Waals surface area contributed by atoms with Crippen LogP contribution in [0.5, 0.6) is 17.2 Å². The summed E-state index contributed by atoms with van der Waals surface area (Å²) >= 11 is 1.03. The van der Waals surface area contributed by atoms with Gasteiger partial charge in [0.1, 0.15) is 12.4 Å². The first-order valence-electron chi connectivity index (χ1n) is 11.5. The summed E-state index contributed by atoms with van der Waals surface area (Å²) in [6, 6.07) is 21.4. The molecule has 2 aliphatic rings. The molecule has 0 radical (unpaired) electrons. The predicted molar refractivity (Wildman–Crippen MR) is 137 cm³/mol. The van der Waals surface area contributed by atoms with Crippen LogP contribution in [-0.4, -0.2) is 42.1 Å². The molecule has 1 atom stereocenters. The van der Waals surface area contributed by atoms with E-state index < -0.39 is 0 Å². The van der Waals surface area contributed by atoms with Gasteiger partial charge in [0.25, 0.3) is 5.24 Å². The van der Waals surface area contributed by atoms with Crippen LogP contribution in [0.1, 0.15) is 18.1 Å². The van der Waals surface area contributed by atoms with Crippen LogP contribution >= 0.6 is 11.8 Å². The van der Waals surface area contributed by atoms with Gasteiger partial charge in [0.2, 0.25) is 12.7 Å². The molecule has 0 bridgehead atoms. The van der Waals surface area contributed by atoms with Crippen LogP contribution in [0.4, 0.5) is 4.79 Å². The summed E-state index contributed by atoms with van der Waals surface area (Å²) in [5.41, 5.74) is 4.82. The van der Waals surface area contributed by atoms with Crippen LogP contribution in [0.25, 0.3) is 11.1 Å². The Bertz CT molecular complexity index is 1290. The van der Waals surface area contributed by atoms with E-state index in [1.807, 2.05) is 73.7 Å². The zero-order chi connectivity index (χ0) is 24.9. The number of carbonyl (C=O) groups excluding carboxylic acids is 2. The molecule has 0 spiro atoms. The molecule has 184 valence electrons. The van der Waals surface area contributed by atoms with Crippen molar-refractivity contribution >= 4 is 28.6 Å². The minimum Gasteiger partial charge on any atom is -0.490 e. The topological polar surface area (TPSA) is 95.5 Å². The lowest BCUT2D eigenvalue weighted by Gasteiger charge is -2.09. The van der Waals surface area contributed by atoms with Crippen LogP contribution in [-0.2, 0) is 16.1 Å². The fraction of sp³-hybridized carbons (Fsp3) is 0.222. The lowest BCUT2D eigenvalue weighted by atomic mass is 10.0. The first-order valence-corrected chi connectivity index (χ1v) is 12.3. The Labute approximate surface area is 212 Å². The molecule has 0 aromatic heterocycles. The third-order valence-corrected chi connectivity index (χ3v) is 6.75. The van der Waals surface area contributed by atoms with Gasteiger partial charge in [0, 0.05) is 0 Å². The van der Waals surface area contributed by atoms with E-state index in [4.69, 9.17) is 19.0 Å². The average molecular weight is 505 g/mol. The Hall–Kier alpha value is -3.98. The molecule has 3 aromatic rings. The first-order chi connectivity index (χ1) is 17.5. The Kier molecular flexibility index (Phi) is 7.08. The molecular weight excluding hydrogens is 480 g/mol. The molecular formula is C27H24N2O6S. The van der Waals surface area contributed by atoms with E-state index in [0.717, 1.165) is 51.2 Å². The van der Waals surface area contributed by atoms with Gasteiger partial charge in [-0.15, -0.1) is 0 Å². The number of oxime groups is 1. The second-order valence-electron chi connectivity index (χ2n) is 8.24. The molecule has 2 amide bonds. The SMILES string of the molecule is C/C(=N/OCCOc1ccc(CC2SC(=O)NC2=O)cc1)c1ccc(-c2ccc3c(c2)OCO3)cc1. The van der Waals surface area contributed by atoms with E-state index >= 15 is 0 Å². The summed E-state index contributed by atoms with van der Waals surface area (Å²) in [7, 11) is 0. The van der Waals surface area contributed by atoms with E-state index in [0.29, 0.717) is 25.4 Å². The van der Waals surface area contributed by atoms with Crippen molar-refractivity contribution in [2.24, 2.45) is 5.16 Å². The minimum atomic E-state index is -0.376. The smallest absolute Gasteiger partial charge is 0.286 e. The van der Waals surface area contributed by atoms with Crippen molar-refractivity contribution in [1.29, 1.82) is 0 Å². The van der Waals surface area contributed by atoms with Gasteiger partial charge < -0.3 is 19.0 Å². The normalized spacial score (nSPS) is 16.7. The van der Waals surface area contributed by atoms with E-state index in [1.54, 1.807) is 0 Å². The van der Waals surface area contributed by atoms with Gasteiger partial charge in [-0.1, -0.05) is 59.4 Å². The Balaban J connectivity index is 1.07. The number of hydrogen-bond donors (Lipinski definition) is 1. The molecule has 36 heavy (non-hydrogen) atoms. The summed E-state index contributed by atoms with van der Waals surface area (Å²) in [5, 5.41) is 5.83. The molecule has 0 saturated carbocycles. The Morgan fingerprint density at radius 3 is 2.47 bits per heavy atom. The molecule has 0 aliphatic carbocycles. The number of carbonyl (C=O) groups is 2. The number of thioether (sulfide) groups is 1. The molecule has 5 rings (SSSR count). The highest BCUT2D eigenvalue weighted by Crippen LogP contribution is 2.36. The second kappa shape index (κ2) is 10.7. The van der Waals surface area contributed by atoms with Crippen molar-refractivity contribution in [2.75, 3.05) is 20.0 Å². The van der Waals surface area contributed by atoms with E-state index in [9.17, 15) is 9.59 Å². The van der Waals surface area contributed by atoms with E-state index in [1.165, 1.54) is 0 Å². The van der Waals surface area contributed by atoms with E-state index in [2.05, 4.69) is 10.5 Å². The van der Waals surface area contributed by atoms with E-state index in [-0.39, 0.29) is 23.2 Å². The molecule has 8 nitrogen and oxygen atoms in total. The number of ether oxygens (including phenoxy) is 3. The van der Waals surface area contributed by atoms with Crippen LogP contribution in [0.2, 0.25) is 0 Å². The monoisotopic (exact) mass is 504 g/mol. The number of amides is 2. The van der Waals surface area contributed by atoms with Gasteiger partial charge in [0.05, 0.1) is 11.0 Å². The van der Waals surface area contributed by atoms with Crippen molar-refractivity contribution < 1.29 is 28.6 Å². The zero-order valence-electron chi connectivity index (χ0n) is 19.6. The number of fused-ring (bicyclic) bond motifs is 1. The standard InChI is InChI=1S/C27H24N2O6S/c1-17(19-4-6-20(7-5-19)21-8-11-23-24(15-21)34-16-33-23)29-35-13-12-32-22-9-2-18(3-10-22)14-25-26(30)28-27(31)36-25/h2-11,15,25H,12-14,16H2,1H3,(H,28,30,31)/b29-17-. The van der Waals surface area contributed by atoms with Gasteiger partial charge in [-0.25, -0.2) is 0 Å². The summed E-state index contributed by atoms with van der Waals surface area (Å²) < 4.78 is 16.5. The van der Waals surface area contributed by atoms with Gasteiger partial charge >= 0.3 is 0 Å². The molecule has 2 heterocycles. The number of rotatable bonds is 9. The lowest BCUT2D eigenvalue weighted by molar-refractivity contribution is -0.118. The number of nitrogens with zero attached hydrogens (tertiary/aromatic N) is 1. The maximum absolute atomic E-state index is 11.7. The molecule has 2 aliphatic heterocycles. The highest BCUT2D eigenvalue weighted by molar-refractivity contribution is 8.15. The summed E-state index contributed by atoms with van der Waals surface area (Å²) in [4.78, 5) is 28.4. The van der Waals surface area contributed by atoms with Gasteiger partial charge in [0.15, 0.2) is 18.1 Å². The largest absolute Gasteiger partial charge is 0.490 e.